The van der Waals surface area contributed by atoms with Crippen LogP contribution in [0.25, 0.3) is 6.08 Å². The van der Waals surface area contributed by atoms with Gasteiger partial charge >= 0.3 is 0 Å². The lowest BCUT2D eigenvalue weighted by Crippen LogP contribution is -2.35. The van der Waals surface area contributed by atoms with Crippen LogP contribution in [0.3, 0.4) is 0 Å². The molecule has 1 aliphatic carbocycles. The van der Waals surface area contributed by atoms with Crippen LogP contribution in [0.4, 0.5) is 0 Å². The molecule has 0 aromatic heterocycles. The van der Waals surface area contributed by atoms with Gasteiger partial charge < -0.3 is 0 Å². The highest BCUT2D eigenvalue weighted by molar-refractivity contribution is 5.59. The monoisotopic (exact) mass is 290 g/mol. The molecule has 0 radical (unpaired) electrons. The first kappa shape index (κ1) is 15.1. The number of benzene rings is 2. The Balaban J connectivity index is 2.29. The molecule has 0 saturated carbocycles. The third-order valence-electron chi connectivity index (χ3n) is 5.51. The summed E-state index contributed by atoms with van der Waals surface area (Å²) in [5.41, 5.74) is 5.84. The first-order valence-corrected chi connectivity index (χ1v) is 8.50. The largest absolute Gasteiger partial charge is 0.0839 e. The molecule has 2 aromatic rings. The van der Waals surface area contributed by atoms with Gasteiger partial charge in [0, 0.05) is 5.41 Å². The third kappa shape index (κ3) is 2.41. The summed E-state index contributed by atoms with van der Waals surface area (Å²) < 4.78 is 0. The fourth-order valence-electron chi connectivity index (χ4n) is 4.26. The van der Waals surface area contributed by atoms with E-state index in [1.165, 1.54) is 41.5 Å². The van der Waals surface area contributed by atoms with Crippen LogP contribution < -0.4 is 0 Å². The minimum absolute atomic E-state index is 0.0848. The fourth-order valence-corrected chi connectivity index (χ4v) is 4.26. The normalized spacial score (nSPS) is 24.4. The second kappa shape index (κ2) is 6.12. The van der Waals surface area contributed by atoms with Gasteiger partial charge in [-0.05, 0) is 47.9 Å². The molecule has 0 bridgehead atoms. The van der Waals surface area contributed by atoms with E-state index >= 15 is 0 Å². The quantitative estimate of drug-likeness (QED) is 0.623. The predicted octanol–water partition coefficient (Wildman–Crippen LogP) is 6.13. The van der Waals surface area contributed by atoms with Crippen molar-refractivity contribution in [2.24, 2.45) is 5.92 Å². The number of fused-ring (bicyclic) bond motifs is 1. The van der Waals surface area contributed by atoms with Crippen molar-refractivity contribution in [2.45, 2.75) is 45.4 Å². The number of allylic oxidation sites excluding steroid dienone is 1. The molecule has 2 atom stereocenters. The maximum Gasteiger partial charge on any atom is 0.0211 e. The lowest BCUT2D eigenvalue weighted by molar-refractivity contribution is 0.313. The summed E-state index contributed by atoms with van der Waals surface area (Å²) >= 11 is 0. The van der Waals surface area contributed by atoms with E-state index in [0.29, 0.717) is 5.92 Å². The van der Waals surface area contributed by atoms with Crippen LogP contribution in [0.2, 0.25) is 0 Å². The van der Waals surface area contributed by atoms with Crippen molar-refractivity contribution in [1.82, 2.24) is 0 Å². The summed E-state index contributed by atoms with van der Waals surface area (Å²) in [6.07, 6.45) is 8.31. The van der Waals surface area contributed by atoms with Crippen LogP contribution in [0, 0.1) is 12.8 Å². The minimum Gasteiger partial charge on any atom is -0.0839 e. The zero-order valence-corrected chi connectivity index (χ0v) is 14.0. The number of hydrogen-bond donors (Lipinski definition) is 0. The first-order valence-electron chi connectivity index (χ1n) is 8.50. The van der Waals surface area contributed by atoms with Crippen molar-refractivity contribution >= 4 is 6.08 Å². The highest BCUT2D eigenvalue weighted by atomic mass is 14.4. The Morgan fingerprint density at radius 3 is 2.41 bits per heavy atom. The van der Waals surface area contributed by atoms with Gasteiger partial charge in [0.25, 0.3) is 0 Å². The van der Waals surface area contributed by atoms with E-state index in [1.54, 1.807) is 0 Å². The molecule has 0 amide bonds. The number of hydrogen-bond acceptors (Lipinski definition) is 0. The van der Waals surface area contributed by atoms with Crippen molar-refractivity contribution < 1.29 is 0 Å². The topological polar surface area (TPSA) is 0 Å². The van der Waals surface area contributed by atoms with E-state index in [2.05, 4.69) is 81.5 Å². The van der Waals surface area contributed by atoms with Crippen LogP contribution in [-0.4, -0.2) is 0 Å². The van der Waals surface area contributed by atoms with Gasteiger partial charge in [-0.15, -0.1) is 0 Å². The van der Waals surface area contributed by atoms with Gasteiger partial charge in [-0.3, -0.25) is 0 Å². The van der Waals surface area contributed by atoms with Gasteiger partial charge in [-0.1, -0.05) is 81.0 Å². The standard InChI is InChI=1S/C22H26/c1-4-19-14-8-6-12-18-13-7-10-16-21(18)22(19,3)20-15-9-5-11-17(20)2/h5-7,9-13,15-16,19H,4,8,14H2,1-3H3. The van der Waals surface area contributed by atoms with Crippen LogP contribution in [0.15, 0.2) is 54.6 Å². The summed E-state index contributed by atoms with van der Waals surface area (Å²) in [6.45, 7) is 7.06. The average Bonchev–Trinajstić information content (AvgIpc) is 2.53. The second-order valence-corrected chi connectivity index (χ2v) is 6.69. The molecule has 1 aliphatic rings. The maximum atomic E-state index is 2.46. The Bertz CT molecular complexity index is 680. The summed E-state index contributed by atoms with van der Waals surface area (Å²) in [5, 5.41) is 0. The smallest absolute Gasteiger partial charge is 0.0211 e. The van der Waals surface area contributed by atoms with Crippen LogP contribution in [0.5, 0.6) is 0 Å². The van der Waals surface area contributed by atoms with E-state index in [9.17, 15) is 0 Å². The molecule has 3 rings (SSSR count). The molecule has 0 heteroatoms. The lowest BCUT2D eigenvalue weighted by atomic mass is 9.62. The van der Waals surface area contributed by atoms with E-state index in [0.717, 1.165) is 0 Å². The Kier molecular flexibility index (Phi) is 4.20. The predicted molar refractivity (Wildman–Crippen MR) is 96.1 cm³/mol. The van der Waals surface area contributed by atoms with Crippen LogP contribution in [0.1, 0.15) is 55.4 Å². The molecular weight excluding hydrogens is 264 g/mol. The molecule has 0 saturated heterocycles. The first-order chi connectivity index (χ1) is 10.7. The summed E-state index contributed by atoms with van der Waals surface area (Å²) in [5.74, 6) is 0.666. The maximum absolute atomic E-state index is 2.46. The SMILES string of the molecule is CCC1CCC=Cc2ccccc2C1(C)c1ccccc1C. The zero-order chi connectivity index (χ0) is 15.6. The highest BCUT2D eigenvalue weighted by Gasteiger charge is 2.38. The van der Waals surface area contributed by atoms with E-state index in [4.69, 9.17) is 0 Å². The Morgan fingerprint density at radius 1 is 1.00 bits per heavy atom. The number of aryl methyl sites for hydroxylation is 1. The van der Waals surface area contributed by atoms with Gasteiger partial charge in [0.2, 0.25) is 0 Å². The van der Waals surface area contributed by atoms with Gasteiger partial charge in [0.05, 0.1) is 0 Å². The molecule has 0 fully saturated rings. The zero-order valence-electron chi connectivity index (χ0n) is 14.0. The Hall–Kier alpha value is -1.82. The summed E-state index contributed by atoms with van der Waals surface area (Å²) in [7, 11) is 0. The molecule has 0 spiro atoms. The van der Waals surface area contributed by atoms with Gasteiger partial charge in [0.1, 0.15) is 0 Å². The van der Waals surface area contributed by atoms with Crippen molar-refractivity contribution in [1.29, 1.82) is 0 Å². The second-order valence-electron chi connectivity index (χ2n) is 6.69. The van der Waals surface area contributed by atoms with E-state index < -0.39 is 0 Å². The van der Waals surface area contributed by atoms with E-state index in [-0.39, 0.29) is 5.41 Å². The Labute approximate surface area is 134 Å². The lowest BCUT2D eigenvalue weighted by Gasteiger charge is -2.41. The molecule has 0 N–H and O–H groups in total. The minimum atomic E-state index is 0.0848. The van der Waals surface area contributed by atoms with Gasteiger partial charge in [-0.2, -0.15) is 0 Å². The molecular formula is C22H26. The van der Waals surface area contributed by atoms with Crippen LogP contribution in [-0.2, 0) is 5.41 Å². The molecule has 2 aromatic carbocycles. The van der Waals surface area contributed by atoms with Gasteiger partial charge in [0.15, 0.2) is 0 Å². The molecule has 0 nitrogen and oxygen atoms in total. The van der Waals surface area contributed by atoms with Crippen LogP contribution >= 0.6 is 0 Å². The van der Waals surface area contributed by atoms with Crippen molar-refractivity contribution in [3.8, 4) is 0 Å². The fraction of sp³-hybridized carbons (Fsp3) is 0.364. The van der Waals surface area contributed by atoms with Crippen molar-refractivity contribution in [3.05, 3.63) is 76.9 Å². The van der Waals surface area contributed by atoms with Crippen molar-refractivity contribution in [3.63, 3.8) is 0 Å². The molecule has 114 valence electrons. The average molecular weight is 290 g/mol. The Morgan fingerprint density at radius 2 is 1.68 bits per heavy atom. The molecule has 0 heterocycles. The van der Waals surface area contributed by atoms with E-state index in [1.807, 2.05) is 0 Å². The summed E-state index contributed by atoms with van der Waals surface area (Å²) in [4.78, 5) is 0. The molecule has 2 unspecified atom stereocenters. The molecule has 22 heavy (non-hydrogen) atoms. The third-order valence-corrected chi connectivity index (χ3v) is 5.51. The highest BCUT2D eigenvalue weighted by Crippen LogP contribution is 2.46. The summed E-state index contributed by atoms with van der Waals surface area (Å²) in [6, 6.07) is 17.9. The van der Waals surface area contributed by atoms with Crippen molar-refractivity contribution in [2.75, 3.05) is 0 Å². The number of rotatable bonds is 2. The molecule has 0 aliphatic heterocycles. The van der Waals surface area contributed by atoms with Gasteiger partial charge in [-0.25, -0.2) is 0 Å².